The van der Waals surface area contributed by atoms with Crippen LogP contribution in [0.3, 0.4) is 0 Å². The summed E-state index contributed by atoms with van der Waals surface area (Å²) < 4.78 is 12.0. The fourth-order valence-corrected chi connectivity index (χ4v) is 7.31. The van der Waals surface area contributed by atoms with Gasteiger partial charge in [0.2, 0.25) is 0 Å². The van der Waals surface area contributed by atoms with Gasteiger partial charge in [0.05, 0.1) is 5.39 Å². The summed E-state index contributed by atoms with van der Waals surface area (Å²) in [5.74, 6) is 2.09. The molecule has 2 aromatic carbocycles. The molecule has 6 rings (SSSR count). The Morgan fingerprint density at radius 3 is 2.67 bits per heavy atom. The molecular formula is C29H30O4. The second-order valence-electron chi connectivity index (χ2n) is 10.5. The maximum absolute atomic E-state index is 13.1. The maximum Gasteiger partial charge on any atom is 0.302 e. The van der Waals surface area contributed by atoms with Gasteiger partial charge in [-0.2, -0.15) is 0 Å². The van der Waals surface area contributed by atoms with Crippen molar-refractivity contribution >= 4 is 16.9 Å². The maximum atomic E-state index is 13.1. The number of aryl methyl sites for hydroxylation is 1. The Morgan fingerprint density at radius 2 is 1.88 bits per heavy atom. The number of rotatable bonds is 2. The number of carbonyl (C=O) groups excluding carboxylic acids is 1. The van der Waals surface area contributed by atoms with Gasteiger partial charge in [-0.3, -0.25) is 9.59 Å². The second-order valence-corrected chi connectivity index (χ2v) is 10.5. The Balaban J connectivity index is 1.37. The summed E-state index contributed by atoms with van der Waals surface area (Å²) >= 11 is 0. The minimum atomic E-state index is -0.161. The fourth-order valence-electron chi connectivity index (χ4n) is 7.31. The molecule has 5 atom stereocenters. The van der Waals surface area contributed by atoms with Crippen molar-refractivity contribution in [2.24, 2.45) is 17.3 Å². The number of esters is 1. The lowest BCUT2D eigenvalue weighted by Crippen LogP contribution is -2.45. The van der Waals surface area contributed by atoms with Crippen LogP contribution in [-0.4, -0.2) is 12.1 Å². The average molecular weight is 443 g/mol. The predicted molar refractivity (Wildman–Crippen MR) is 128 cm³/mol. The molecule has 0 aliphatic heterocycles. The molecule has 0 spiro atoms. The van der Waals surface area contributed by atoms with Crippen molar-refractivity contribution in [3.8, 4) is 11.3 Å². The molecule has 4 heteroatoms. The highest BCUT2D eigenvalue weighted by atomic mass is 16.5. The third-order valence-electron chi connectivity index (χ3n) is 8.85. The monoisotopic (exact) mass is 442 g/mol. The molecular weight excluding hydrogens is 412 g/mol. The zero-order valence-corrected chi connectivity index (χ0v) is 19.3. The van der Waals surface area contributed by atoms with Crippen LogP contribution in [-0.2, 0) is 16.0 Å². The van der Waals surface area contributed by atoms with Gasteiger partial charge in [-0.15, -0.1) is 0 Å². The number of carbonyl (C=O) groups is 1. The highest BCUT2D eigenvalue weighted by Gasteiger charge is 2.56. The molecule has 0 amide bonds. The molecule has 3 aromatic rings. The number of hydrogen-bond donors (Lipinski definition) is 0. The highest BCUT2D eigenvalue weighted by Crippen LogP contribution is 2.61. The molecule has 1 heterocycles. The molecule has 0 unspecified atom stereocenters. The molecule has 3 aliphatic carbocycles. The summed E-state index contributed by atoms with van der Waals surface area (Å²) in [4.78, 5) is 24.8. The summed E-state index contributed by atoms with van der Waals surface area (Å²) in [6.07, 6.45) is 6.45. The van der Waals surface area contributed by atoms with Gasteiger partial charge in [0.15, 0.2) is 5.43 Å². The van der Waals surface area contributed by atoms with Crippen LogP contribution in [0.25, 0.3) is 22.3 Å². The van der Waals surface area contributed by atoms with Crippen molar-refractivity contribution in [2.45, 2.75) is 64.4 Å². The molecule has 1 aromatic heterocycles. The van der Waals surface area contributed by atoms with Crippen LogP contribution in [0.2, 0.25) is 0 Å². The van der Waals surface area contributed by atoms with Gasteiger partial charge in [0.1, 0.15) is 17.4 Å². The van der Waals surface area contributed by atoms with E-state index in [0.717, 1.165) is 44.1 Å². The predicted octanol–water partition coefficient (Wildman–Crippen LogP) is 6.25. The SMILES string of the molecule is CC(=O)O[C@H]1CC[C@H]2[C@@H]3CCc4cc5oc(-c6ccccc6)cc(=O)c5cc4[C@H]3CC[C@]12C. The Labute approximate surface area is 194 Å². The van der Waals surface area contributed by atoms with Crippen LogP contribution < -0.4 is 5.43 Å². The van der Waals surface area contributed by atoms with Crippen LogP contribution >= 0.6 is 0 Å². The number of fused-ring (bicyclic) bond motifs is 6. The molecule has 0 N–H and O–H groups in total. The molecule has 2 saturated carbocycles. The van der Waals surface area contributed by atoms with E-state index in [-0.39, 0.29) is 22.9 Å². The molecule has 170 valence electrons. The van der Waals surface area contributed by atoms with Crippen molar-refractivity contribution in [3.63, 3.8) is 0 Å². The van der Waals surface area contributed by atoms with Gasteiger partial charge in [-0.05, 0) is 79.5 Å². The first-order valence-electron chi connectivity index (χ1n) is 12.3. The third-order valence-corrected chi connectivity index (χ3v) is 8.85. The first kappa shape index (κ1) is 20.7. The third kappa shape index (κ3) is 3.25. The molecule has 2 fully saturated rings. The molecule has 33 heavy (non-hydrogen) atoms. The van der Waals surface area contributed by atoms with Crippen LogP contribution in [0.4, 0.5) is 0 Å². The zero-order valence-electron chi connectivity index (χ0n) is 19.3. The van der Waals surface area contributed by atoms with E-state index < -0.39 is 0 Å². The first-order valence-corrected chi connectivity index (χ1v) is 12.3. The number of ether oxygens (including phenoxy) is 1. The largest absolute Gasteiger partial charge is 0.462 e. The minimum absolute atomic E-state index is 0.0245. The lowest BCUT2D eigenvalue weighted by molar-refractivity contribution is -0.154. The first-order chi connectivity index (χ1) is 15.9. The fraction of sp³-hybridized carbons (Fsp3) is 0.448. The van der Waals surface area contributed by atoms with E-state index in [4.69, 9.17) is 9.15 Å². The standard InChI is InChI=1S/C29H30O4/c1-17(30)32-28-11-10-24-21-9-8-19-14-27-23(15-22(19)20(21)12-13-29(24,28)2)25(31)16-26(33-27)18-6-4-3-5-7-18/h3-7,14-16,20-21,24,28H,8-13H2,1-2H3/t20-,21+,24-,28-,29-/m0/s1. The topological polar surface area (TPSA) is 56.5 Å². The Kier molecular flexibility index (Phi) is 4.76. The summed E-state index contributed by atoms with van der Waals surface area (Å²) in [5.41, 5.74) is 4.38. The van der Waals surface area contributed by atoms with Gasteiger partial charge in [0.25, 0.3) is 0 Å². The summed E-state index contributed by atoms with van der Waals surface area (Å²) in [7, 11) is 0. The Hall–Kier alpha value is -2.88. The van der Waals surface area contributed by atoms with Crippen LogP contribution in [0.5, 0.6) is 0 Å². The average Bonchev–Trinajstić information content (AvgIpc) is 3.14. The quantitative estimate of drug-likeness (QED) is 0.440. The van der Waals surface area contributed by atoms with E-state index in [1.165, 1.54) is 18.1 Å². The van der Waals surface area contributed by atoms with Crippen molar-refractivity contribution in [3.05, 3.63) is 69.9 Å². The lowest BCUT2D eigenvalue weighted by Gasteiger charge is -2.50. The zero-order chi connectivity index (χ0) is 22.7. The highest BCUT2D eigenvalue weighted by molar-refractivity contribution is 5.81. The van der Waals surface area contributed by atoms with E-state index in [1.807, 2.05) is 30.3 Å². The second kappa shape index (κ2) is 7.58. The van der Waals surface area contributed by atoms with E-state index >= 15 is 0 Å². The molecule has 0 saturated heterocycles. The van der Waals surface area contributed by atoms with Crippen LogP contribution in [0.15, 0.2) is 57.7 Å². The van der Waals surface area contributed by atoms with Crippen LogP contribution in [0.1, 0.15) is 63.0 Å². The molecule has 4 nitrogen and oxygen atoms in total. The summed E-state index contributed by atoms with van der Waals surface area (Å²) in [6.45, 7) is 3.86. The van der Waals surface area contributed by atoms with E-state index in [1.54, 1.807) is 6.07 Å². The van der Waals surface area contributed by atoms with Gasteiger partial charge in [0, 0.05) is 24.0 Å². The van der Waals surface area contributed by atoms with Gasteiger partial charge >= 0.3 is 5.97 Å². The van der Waals surface area contributed by atoms with Gasteiger partial charge < -0.3 is 9.15 Å². The molecule has 0 bridgehead atoms. The Bertz CT molecular complexity index is 1290. The van der Waals surface area contributed by atoms with Crippen molar-refractivity contribution in [1.82, 2.24) is 0 Å². The van der Waals surface area contributed by atoms with Crippen molar-refractivity contribution < 1.29 is 13.9 Å². The molecule has 0 radical (unpaired) electrons. The minimum Gasteiger partial charge on any atom is -0.462 e. The van der Waals surface area contributed by atoms with Crippen LogP contribution in [0, 0.1) is 17.3 Å². The van der Waals surface area contributed by atoms with Gasteiger partial charge in [-0.1, -0.05) is 37.3 Å². The smallest absolute Gasteiger partial charge is 0.302 e. The van der Waals surface area contributed by atoms with E-state index in [9.17, 15) is 9.59 Å². The summed E-state index contributed by atoms with van der Waals surface area (Å²) in [5, 5.41) is 0.687. The number of hydrogen-bond acceptors (Lipinski definition) is 4. The molecule has 3 aliphatic rings. The van der Waals surface area contributed by atoms with Gasteiger partial charge in [-0.25, -0.2) is 0 Å². The Morgan fingerprint density at radius 1 is 1.06 bits per heavy atom. The van der Waals surface area contributed by atoms with E-state index in [2.05, 4.69) is 19.1 Å². The summed E-state index contributed by atoms with van der Waals surface area (Å²) in [6, 6.07) is 15.7. The van der Waals surface area contributed by atoms with Crippen molar-refractivity contribution in [1.29, 1.82) is 0 Å². The normalized spacial score (nSPS) is 30.4. The number of benzene rings is 2. The van der Waals surface area contributed by atoms with E-state index in [0.29, 0.717) is 34.5 Å². The van der Waals surface area contributed by atoms with Crippen molar-refractivity contribution in [2.75, 3.05) is 0 Å². The lowest BCUT2D eigenvalue weighted by atomic mass is 9.55.